The third-order valence-corrected chi connectivity index (χ3v) is 6.29. The Labute approximate surface area is 188 Å². The van der Waals surface area contributed by atoms with Gasteiger partial charge < -0.3 is 14.8 Å². The summed E-state index contributed by atoms with van der Waals surface area (Å²) < 4.78 is 10.6. The van der Waals surface area contributed by atoms with Gasteiger partial charge in [0, 0.05) is 35.3 Å². The Bertz CT molecular complexity index is 1110. The van der Waals surface area contributed by atoms with Crippen LogP contribution in [0.2, 0.25) is 5.02 Å². The van der Waals surface area contributed by atoms with E-state index in [2.05, 4.69) is 43.4 Å². The Balaban J connectivity index is 1.51. The predicted octanol–water partition coefficient (Wildman–Crippen LogP) is 6.28. The van der Waals surface area contributed by atoms with Crippen LogP contribution in [0.3, 0.4) is 0 Å². The fourth-order valence-corrected chi connectivity index (χ4v) is 4.47. The van der Waals surface area contributed by atoms with E-state index in [1.807, 2.05) is 30.3 Å². The maximum absolute atomic E-state index is 11.6. The third kappa shape index (κ3) is 4.40. The molecule has 1 aliphatic rings. The topological polar surface area (TPSA) is 47.6 Å². The quantitative estimate of drug-likeness (QED) is 0.463. The van der Waals surface area contributed by atoms with E-state index in [0.717, 1.165) is 33.1 Å². The van der Waals surface area contributed by atoms with E-state index in [9.17, 15) is 4.79 Å². The minimum absolute atomic E-state index is 0.0416. The van der Waals surface area contributed by atoms with Crippen LogP contribution in [0.5, 0.6) is 5.75 Å². The average Bonchev–Trinajstić information content (AvgIpc) is 3.15. The number of fused-ring (bicyclic) bond motifs is 1. The molecule has 1 heterocycles. The number of ether oxygens (including phenoxy) is 2. The van der Waals surface area contributed by atoms with E-state index in [1.54, 1.807) is 0 Å². The standard InChI is InChI=1S/C26H26ClNO3/c1-16-6-4-7-17(2)25(16)22-9-5-8-18(26(22)27)14-28-20-10-11-21-19(12-24(29)30-3)15-31-23(21)13-20/h4-11,13,19,28H,12,14-15H2,1-3H3/t19-/m1/s1. The van der Waals surface area contributed by atoms with Crippen molar-refractivity contribution in [3.8, 4) is 16.9 Å². The lowest BCUT2D eigenvalue weighted by Crippen LogP contribution is -2.09. The van der Waals surface area contributed by atoms with Crippen molar-refractivity contribution in [1.29, 1.82) is 0 Å². The molecular weight excluding hydrogens is 410 g/mol. The Morgan fingerprint density at radius 3 is 2.61 bits per heavy atom. The first-order valence-electron chi connectivity index (χ1n) is 10.4. The Morgan fingerprint density at radius 1 is 1.13 bits per heavy atom. The molecule has 0 fully saturated rings. The van der Waals surface area contributed by atoms with Crippen molar-refractivity contribution in [1.82, 2.24) is 0 Å². The number of hydrogen-bond acceptors (Lipinski definition) is 4. The molecule has 0 radical (unpaired) electrons. The molecule has 4 rings (SSSR count). The average molecular weight is 436 g/mol. The van der Waals surface area contributed by atoms with Gasteiger partial charge in [-0.2, -0.15) is 0 Å². The molecule has 0 saturated heterocycles. The molecule has 0 saturated carbocycles. The van der Waals surface area contributed by atoms with Gasteiger partial charge >= 0.3 is 5.97 Å². The van der Waals surface area contributed by atoms with Gasteiger partial charge in [-0.1, -0.05) is 54.1 Å². The summed E-state index contributed by atoms with van der Waals surface area (Å²) in [6.45, 7) is 5.32. The van der Waals surface area contributed by atoms with Crippen LogP contribution in [0, 0.1) is 13.8 Å². The number of carbonyl (C=O) groups is 1. The van der Waals surface area contributed by atoms with Gasteiger partial charge in [0.2, 0.25) is 0 Å². The van der Waals surface area contributed by atoms with Crippen molar-refractivity contribution in [3.63, 3.8) is 0 Å². The smallest absolute Gasteiger partial charge is 0.306 e. The van der Waals surface area contributed by atoms with Crippen LogP contribution in [0.4, 0.5) is 5.69 Å². The highest BCUT2D eigenvalue weighted by molar-refractivity contribution is 6.34. The summed E-state index contributed by atoms with van der Waals surface area (Å²) in [7, 11) is 1.41. The first-order chi connectivity index (χ1) is 15.0. The van der Waals surface area contributed by atoms with Crippen molar-refractivity contribution < 1.29 is 14.3 Å². The summed E-state index contributed by atoms with van der Waals surface area (Å²) in [4.78, 5) is 11.6. The second kappa shape index (κ2) is 9.03. The van der Waals surface area contributed by atoms with Crippen molar-refractivity contribution in [2.24, 2.45) is 0 Å². The summed E-state index contributed by atoms with van der Waals surface area (Å²) in [5.41, 5.74) is 7.70. The number of halogens is 1. The zero-order valence-corrected chi connectivity index (χ0v) is 18.8. The van der Waals surface area contributed by atoms with Gasteiger partial charge in [-0.25, -0.2) is 0 Å². The van der Waals surface area contributed by atoms with Gasteiger partial charge in [0.1, 0.15) is 5.75 Å². The van der Waals surface area contributed by atoms with Crippen LogP contribution in [-0.4, -0.2) is 19.7 Å². The molecule has 1 N–H and O–H groups in total. The van der Waals surface area contributed by atoms with E-state index in [-0.39, 0.29) is 11.9 Å². The maximum Gasteiger partial charge on any atom is 0.306 e. The number of hydrogen-bond donors (Lipinski definition) is 1. The zero-order valence-electron chi connectivity index (χ0n) is 18.0. The molecule has 0 amide bonds. The Morgan fingerprint density at radius 2 is 1.87 bits per heavy atom. The van der Waals surface area contributed by atoms with Crippen molar-refractivity contribution in [2.45, 2.75) is 32.7 Å². The van der Waals surface area contributed by atoms with Crippen LogP contribution >= 0.6 is 11.6 Å². The van der Waals surface area contributed by atoms with Crippen molar-refractivity contribution in [3.05, 3.63) is 81.9 Å². The van der Waals surface area contributed by atoms with Crippen LogP contribution in [0.25, 0.3) is 11.1 Å². The monoisotopic (exact) mass is 435 g/mol. The lowest BCUT2D eigenvalue weighted by Gasteiger charge is -2.15. The predicted molar refractivity (Wildman–Crippen MR) is 125 cm³/mol. The van der Waals surface area contributed by atoms with Gasteiger partial charge in [-0.15, -0.1) is 0 Å². The number of nitrogens with one attached hydrogen (secondary N) is 1. The second-order valence-corrected chi connectivity index (χ2v) is 8.32. The lowest BCUT2D eigenvalue weighted by atomic mass is 9.94. The molecule has 3 aromatic carbocycles. The van der Waals surface area contributed by atoms with E-state index in [4.69, 9.17) is 21.1 Å². The van der Waals surface area contributed by atoms with Crippen molar-refractivity contribution >= 4 is 23.3 Å². The van der Waals surface area contributed by atoms with Gasteiger partial charge in [0.15, 0.2) is 0 Å². The number of methoxy groups -OCH3 is 1. The molecule has 3 aromatic rings. The number of aryl methyl sites for hydroxylation is 2. The first-order valence-corrected chi connectivity index (χ1v) is 10.8. The molecule has 0 aliphatic carbocycles. The number of rotatable bonds is 6. The Hall–Kier alpha value is -2.98. The number of benzene rings is 3. The number of anilines is 1. The van der Waals surface area contributed by atoms with Crippen LogP contribution < -0.4 is 10.1 Å². The van der Waals surface area contributed by atoms with Gasteiger partial charge in [-0.05, 0) is 42.2 Å². The molecule has 31 heavy (non-hydrogen) atoms. The highest BCUT2D eigenvalue weighted by Gasteiger charge is 2.27. The van der Waals surface area contributed by atoms with Gasteiger partial charge in [0.25, 0.3) is 0 Å². The van der Waals surface area contributed by atoms with Gasteiger partial charge in [0.05, 0.1) is 25.2 Å². The molecular formula is C26H26ClNO3. The minimum atomic E-state index is -0.220. The SMILES string of the molecule is COC(=O)C[C@@H]1COc2cc(NCc3cccc(-c4c(C)cccc4C)c3Cl)ccc21. The Kier molecular flexibility index (Phi) is 6.19. The second-order valence-electron chi connectivity index (χ2n) is 7.94. The summed E-state index contributed by atoms with van der Waals surface area (Å²) in [6.07, 6.45) is 0.330. The minimum Gasteiger partial charge on any atom is -0.493 e. The normalized spacial score (nSPS) is 14.6. The molecule has 0 bridgehead atoms. The molecule has 1 aliphatic heterocycles. The molecule has 5 heteroatoms. The fraction of sp³-hybridized carbons (Fsp3) is 0.269. The number of esters is 1. The lowest BCUT2D eigenvalue weighted by molar-refractivity contribution is -0.141. The molecule has 0 unspecified atom stereocenters. The molecule has 160 valence electrons. The zero-order chi connectivity index (χ0) is 22.0. The maximum atomic E-state index is 11.6. The summed E-state index contributed by atoms with van der Waals surface area (Å²) >= 11 is 6.82. The van der Waals surface area contributed by atoms with Gasteiger partial charge in [-0.3, -0.25) is 4.79 Å². The van der Waals surface area contributed by atoms with Crippen LogP contribution in [0.15, 0.2) is 54.6 Å². The van der Waals surface area contributed by atoms with E-state index >= 15 is 0 Å². The third-order valence-electron chi connectivity index (χ3n) is 5.85. The van der Waals surface area contributed by atoms with E-state index in [0.29, 0.717) is 19.6 Å². The first kappa shape index (κ1) is 21.3. The molecule has 4 nitrogen and oxygen atoms in total. The van der Waals surface area contributed by atoms with E-state index < -0.39 is 0 Å². The molecule has 1 atom stereocenters. The van der Waals surface area contributed by atoms with E-state index in [1.165, 1.54) is 23.8 Å². The molecule has 0 spiro atoms. The van der Waals surface area contributed by atoms with Crippen LogP contribution in [-0.2, 0) is 16.1 Å². The van der Waals surface area contributed by atoms with Crippen LogP contribution in [0.1, 0.15) is 34.6 Å². The number of carbonyl (C=O) groups excluding carboxylic acids is 1. The fourth-order valence-electron chi connectivity index (χ4n) is 4.19. The summed E-state index contributed by atoms with van der Waals surface area (Å²) in [5, 5.41) is 4.22. The molecule has 0 aromatic heterocycles. The summed E-state index contributed by atoms with van der Waals surface area (Å²) in [5.74, 6) is 0.635. The summed E-state index contributed by atoms with van der Waals surface area (Å²) in [6, 6.07) is 18.5. The highest BCUT2D eigenvalue weighted by Crippen LogP contribution is 2.38. The van der Waals surface area contributed by atoms with Crippen molar-refractivity contribution in [2.75, 3.05) is 19.0 Å². The largest absolute Gasteiger partial charge is 0.493 e. The highest BCUT2D eigenvalue weighted by atomic mass is 35.5.